The van der Waals surface area contributed by atoms with Crippen molar-refractivity contribution in [1.82, 2.24) is 4.31 Å². The van der Waals surface area contributed by atoms with Crippen LogP contribution in [0.1, 0.15) is 19.3 Å². The van der Waals surface area contributed by atoms with Crippen molar-refractivity contribution in [3.05, 3.63) is 52.9 Å². The highest BCUT2D eigenvalue weighted by Gasteiger charge is 2.38. The van der Waals surface area contributed by atoms with Gasteiger partial charge in [0.05, 0.1) is 11.4 Å². The van der Waals surface area contributed by atoms with Gasteiger partial charge in [0, 0.05) is 23.0 Å². The van der Waals surface area contributed by atoms with Crippen LogP contribution >= 0.6 is 22.9 Å². The number of halogens is 1. The molecule has 1 N–H and O–H groups in total. The van der Waals surface area contributed by atoms with E-state index in [0.29, 0.717) is 35.2 Å². The van der Waals surface area contributed by atoms with Crippen LogP contribution in [0, 0.1) is 0 Å². The first-order chi connectivity index (χ1) is 14.4. The molecule has 4 rings (SSSR count). The summed E-state index contributed by atoms with van der Waals surface area (Å²) in [5, 5.41) is 4.65. The maximum absolute atomic E-state index is 13.2. The lowest BCUT2D eigenvalue weighted by molar-refractivity contribution is -0.120. The Labute approximate surface area is 184 Å². The van der Waals surface area contributed by atoms with E-state index < -0.39 is 16.1 Å². The molecule has 158 valence electrons. The number of thiophene rings is 1. The molecule has 1 atom stereocenters. The van der Waals surface area contributed by atoms with Gasteiger partial charge in [0.15, 0.2) is 0 Å². The fourth-order valence-corrected chi connectivity index (χ4v) is 7.05. The highest BCUT2D eigenvalue weighted by molar-refractivity contribution is 7.91. The van der Waals surface area contributed by atoms with Crippen LogP contribution in [0.2, 0.25) is 4.34 Å². The van der Waals surface area contributed by atoms with Crippen LogP contribution in [0.3, 0.4) is 0 Å². The van der Waals surface area contributed by atoms with Crippen molar-refractivity contribution in [3.8, 4) is 5.75 Å². The zero-order chi connectivity index (χ0) is 21.3. The molecule has 0 aliphatic carbocycles. The van der Waals surface area contributed by atoms with Crippen molar-refractivity contribution in [2.75, 3.05) is 19.0 Å². The lowest BCUT2D eigenvalue weighted by atomic mass is 10.0. The normalized spacial score (nSPS) is 17.7. The van der Waals surface area contributed by atoms with Gasteiger partial charge in [-0.3, -0.25) is 4.79 Å². The standard InChI is InChI=1S/C21H21ClN2O4S2/c1-28-18-10-9-16(14-6-2-3-7-15(14)18)23-21(25)17-8-4-5-13-24(17)30(26,27)20-12-11-19(22)29-20/h2-3,6-7,9-12,17H,4-5,8,13H2,1H3,(H,23,25)/t17-/m0/s1. The molecule has 6 nitrogen and oxygen atoms in total. The average Bonchev–Trinajstić information content (AvgIpc) is 3.21. The molecule has 0 unspecified atom stereocenters. The van der Waals surface area contributed by atoms with Crippen molar-refractivity contribution >= 4 is 55.3 Å². The summed E-state index contributed by atoms with van der Waals surface area (Å²) in [6.07, 6.45) is 1.98. The molecule has 1 fully saturated rings. The molecule has 1 aliphatic rings. The summed E-state index contributed by atoms with van der Waals surface area (Å²) in [6.45, 7) is 0.305. The van der Waals surface area contributed by atoms with E-state index in [1.807, 2.05) is 24.3 Å². The molecule has 1 saturated heterocycles. The fourth-order valence-electron chi connectivity index (χ4n) is 3.78. The van der Waals surface area contributed by atoms with Gasteiger partial charge < -0.3 is 10.1 Å². The number of hydrogen-bond acceptors (Lipinski definition) is 5. The van der Waals surface area contributed by atoms with Crippen LogP contribution in [0.4, 0.5) is 5.69 Å². The van der Waals surface area contributed by atoms with Crippen molar-refractivity contribution < 1.29 is 17.9 Å². The highest BCUT2D eigenvalue weighted by Crippen LogP contribution is 2.34. The second-order valence-electron chi connectivity index (χ2n) is 7.04. The van der Waals surface area contributed by atoms with Gasteiger partial charge in [-0.15, -0.1) is 11.3 Å². The molecule has 2 aromatic carbocycles. The Bertz CT molecular complexity index is 1190. The van der Waals surface area contributed by atoms with Gasteiger partial charge in [-0.25, -0.2) is 8.42 Å². The number of piperidine rings is 1. The fraction of sp³-hybridized carbons (Fsp3) is 0.286. The molecule has 1 amide bonds. The van der Waals surface area contributed by atoms with E-state index in [0.717, 1.165) is 28.5 Å². The molecule has 9 heteroatoms. The molecule has 3 aromatic rings. The number of nitrogens with zero attached hydrogens (tertiary/aromatic N) is 1. The van der Waals surface area contributed by atoms with Crippen LogP contribution < -0.4 is 10.1 Å². The zero-order valence-corrected chi connectivity index (χ0v) is 18.7. The second-order valence-corrected chi connectivity index (χ2v) is 10.9. The molecule has 0 saturated carbocycles. The Kier molecular flexibility index (Phi) is 6.02. The number of fused-ring (bicyclic) bond motifs is 1. The van der Waals surface area contributed by atoms with Crippen molar-refractivity contribution in [1.29, 1.82) is 0 Å². The Morgan fingerprint density at radius 1 is 1.13 bits per heavy atom. The number of nitrogens with one attached hydrogen (secondary N) is 1. The van der Waals surface area contributed by atoms with Crippen molar-refractivity contribution in [2.45, 2.75) is 29.5 Å². The number of benzene rings is 2. The lowest BCUT2D eigenvalue weighted by Gasteiger charge is -2.33. The number of methoxy groups -OCH3 is 1. The third kappa shape index (κ3) is 3.92. The smallest absolute Gasteiger partial charge is 0.253 e. The van der Waals surface area contributed by atoms with E-state index in [1.54, 1.807) is 25.3 Å². The van der Waals surface area contributed by atoms with Gasteiger partial charge in [-0.1, -0.05) is 42.3 Å². The number of hydrogen-bond donors (Lipinski definition) is 1. The van der Waals surface area contributed by atoms with E-state index in [4.69, 9.17) is 16.3 Å². The van der Waals surface area contributed by atoms with E-state index in [-0.39, 0.29) is 10.1 Å². The Hall–Kier alpha value is -2.13. The molecular weight excluding hydrogens is 444 g/mol. The molecule has 0 radical (unpaired) electrons. The van der Waals surface area contributed by atoms with E-state index in [1.165, 1.54) is 10.4 Å². The second kappa shape index (κ2) is 8.55. The number of amides is 1. The molecule has 2 heterocycles. The summed E-state index contributed by atoms with van der Waals surface area (Å²) in [5.74, 6) is 0.372. The monoisotopic (exact) mass is 464 g/mol. The maximum atomic E-state index is 13.2. The van der Waals surface area contributed by atoms with Crippen molar-refractivity contribution in [3.63, 3.8) is 0 Å². The minimum Gasteiger partial charge on any atom is -0.496 e. The predicted octanol–water partition coefficient (Wildman–Crippen LogP) is 4.75. The SMILES string of the molecule is COc1ccc(NC(=O)[C@@H]2CCCCN2S(=O)(=O)c2ccc(Cl)s2)c2ccccc12. The summed E-state index contributed by atoms with van der Waals surface area (Å²) in [4.78, 5) is 13.2. The first-order valence-electron chi connectivity index (χ1n) is 9.55. The first kappa shape index (κ1) is 21.1. The van der Waals surface area contributed by atoms with Crippen LogP contribution in [0.5, 0.6) is 5.75 Å². The van der Waals surface area contributed by atoms with E-state index in [2.05, 4.69) is 5.32 Å². The highest BCUT2D eigenvalue weighted by atomic mass is 35.5. The van der Waals surface area contributed by atoms with Gasteiger partial charge in [-0.2, -0.15) is 4.31 Å². The first-order valence-corrected chi connectivity index (χ1v) is 12.2. The minimum absolute atomic E-state index is 0.155. The number of rotatable bonds is 5. The summed E-state index contributed by atoms with van der Waals surface area (Å²) < 4.78 is 33.6. The molecule has 0 spiro atoms. The number of sulfonamides is 1. The maximum Gasteiger partial charge on any atom is 0.253 e. The van der Waals surface area contributed by atoms with Gasteiger partial charge in [0.25, 0.3) is 10.0 Å². The number of carbonyl (C=O) groups is 1. The molecule has 30 heavy (non-hydrogen) atoms. The van der Waals surface area contributed by atoms with Crippen LogP contribution in [-0.4, -0.2) is 38.3 Å². The minimum atomic E-state index is -3.79. The van der Waals surface area contributed by atoms with Gasteiger partial charge in [0.2, 0.25) is 5.91 Å². The summed E-state index contributed by atoms with van der Waals surface area (Å²) in [6, 6.07) is 13.4. The number of carbonyl (C=O) groups excluding carboxylic acids is 1. The third-order valence-electron chi connectivity index (χ3n) is 5.23. The van der Waals surface area contributed by atoms with Crippen molar-refractivity contribution in [2.24, 2.45) is 0 Å². The Morgan fingerprint density at radius 3 is 2.60 bits per heavy atom. The Morgan fingerprint density at radius 2 is 1.90 bits per heavy atom. The molecule has 0 bridgehead atoms. The molecular formula is C21H21ClN2O4S2. The quantitative estimate of drug-likeness (QED) is 0.591. The van der Waals surface area contributed by atoms with Crippen LogP contribution in [0.25, 0.3) is 10.8 Å². The van der Waals surface area contributed by atoms with Crippen LogP contribution in [-0.2, 0) is 14.8 Å². The topological polar surface area (TPSA) is 75.7 Å². The lowest BCUT2D eigenvalue weighted by Crippen LogP contribution is -2.49. The number of anilines is 1. The van der Waals surface area contributed by atoms with E-state index in [9.17, 15) is 13.2 Å². The molecule has 1 aliphatic heterocycles. The third-order valence-corrected chi connectivity index (χ3v) is 8.84. The van der Waals surface area contributed by atoms with Crippen LogP contribution in [0.15, 0.2) is 52.7 Å². The van der Waals surface area contributed by atoms with Gasteiger partial charge in [0.1, 0.15) is 16.0 Å². The summed E-state index contributed by atoms with van der Waals surface area (Å²) in [7, 11) is -2.20. The predicted molar refractivity (Wildman–Crippen MR) is 120 cm³/mol. The van der Waals surface area contributed by atoms with Gasteiger partial charge in [-0.05, 0) is 37.1 Å². The van der Waals surface area contributed by atoms with Gasteiger partial charge >= 0.3 is 0 Å². The largest absolute Gasteiger partial charge is 0.496 e. The Balaban J connectivity index is 1.65. The van der Waals surface area contributed by atoms with E-state index >= 15 is 0 Å². The summed E-state index contributed by atoms with van der Waals surface area (Å²) >= 11 is 6.94. The molecule has 1 aromatic heterocycles. The average molecular weight is 465 g/mol. The zero-order valence-electron chi connectivity index (χ0n) is 16.3. The summed E-state index contributed by atoms with van der Waals surface area (Å²) in [5.41, 5.74) is 0.624. The number of ether oxygens (including phenoxy) is 1.